The van der Waals surface area contributed by atoms with Crippen LogP contribution in [0.25, 0.3) is 10.8 Å². The Morgan fingerprint density at radius 2 is 2.00 bits per heavy atom. The summed E-state index contributed by atoms with van der Waals surface area (Å²) >= 11 is 3.50. The van der Waals surface area contributed by atoms with Crippen LogP contribution in [0.5, 0.6) is 0 Å². The highest BCUT2D eigenvalue weighted by Gasteiger charge is 2.17. The Balaban J connectivity index is 2.07. The fourth-order valence-corrected chi connectivity index (χ4v) is 2.96. The van der Waals surface area contributed by atoms with Crippen molar-refractivity contribution in [1.29, 1.82) is 0 Å². The number of benzene rings is 2. The minimum atomic E-state index is -0.118. The SMILES string of the molecule is CCn1ccnc1C(NN)c1ccc2cc(Br)ccc2c1. The Morgan fingerprint density at radius 1 is 1.24 bits per heavy atom. The fourth-order valence-electron chi connectivity index (χ4n) is 2.58. The Hall–Kier alpha value is -1.69. The maximum atomic E-state index is 5.78. The minimum Gasteiger partial charge on any atom is -0.334 e. The van der Waals surface area contributed by atoms with E-state index in [4.69, 9.17) is 5.84 Å². The van der Waals surface area contributed by atoms with Crippen LogP contribution < -0.4 is 11.3 Å². The number of nitrogens with one attached hydrogen (secondary N) is 1. The smallest absolute Gasteiger partial charge is 0.131 e. The van der Waals surface area contributed by atoms with Gasteiger partial charge in [-0.3, -0.25) is 5.84 Å². The molecule has 2 aromatic carbocycles. The highest BCUT2D eigenvalue weighted by Crippen LogP contribution is 2.26. The molecule has 21 heavy (non-hydrogen) atoms. The van der Waals surface area contributed by atoms with Crippen molar-refractivity contribution in [2.24, 2.45) is 5.84 Å². The molecule has 1 atom stereocenters. The fraction of sp³-hybridized carbons (Fsp3) is 0.188. The van der Waals surface area contributed by atoms with Crippen molar-refractivity contribution in [3.8, 4) is 0 Å². The molecule has 4 nitrogen and oxygen atoms in total. The summed E-state index contributed by atoms with van der Waals surface area (Å²) in [5.74, 6) is 6.70. The molecule has 108 valence electrons. The lowest BCUT2D eigenvalue weighted by atomic mass is 10.0. The monoisotopic (exact) mass is 344 g/mol. The molecule has 0 amide bonds. The van der Waals surface area contributed by atoms with E-state index in [1.807, 2.05) is 12.3 Å². The van der Waals surface area contributed by atoms with E-state index >= 15 is 0 Å². The Morgan fingerprint density at radius 3 is 2.76 bits per heavy atom. The van der Waals surface area contributed by atoms with E-state index in [2.05, 4.69) is 68.2 Å². The lowest BCUT2D eigenvalue weighted by Crippen LogP contribution is -2.31. The molecule has 0 aliphatic carbocycles. The van der Waals surface area contributed by atoms with Crippen molar-refractivity contribution in [1.82, 2.24) is 15.0 Å². The second-order valence-corrected chi connectivity index (χ2v) is 5.84. The van der Waals surface area contributed by atoms with Crippen LogP contribution in [-0.4, -0.2) is 9.55 Å². The standard InChI is InChI=1S/C16H17BrN4/c1-2-21-8-7-19-16(21)15(20-18)13-4-3-12-10-14(17)6-5-11(12)9-13/h3-10,15,20H,2,18H2,1H3. The molecule has 0 bridgehead atoms. The van der Waals surface area contributed by atoms with Gasteiger partial charge in [-0.2, -0.15) is 0 Å². The number of nitrogens with zero attached hydrogens (tertiary/aromatic N) is 2. The molecule has 3 aromatic rings. The van der Waals surface area contributed by atoms with E-state index in [9.17, 15) is 0 Å². The van der Waals surface area contributed by atoms with Crippen LogP contribution >= 0.6 is 15.9 Å². The molecule has 0 aliphatic heterocycles. The van der Waals surface area contributed by atoms with Gasteiger partial charge in [0.2, 0.25) is 0 Å². The molecule has 0 fully saturated rings. The Kier molecular flexibility index (Phi) is 4.05. The molecule has 3 N–H and O–H groups in total. The number of aromatic nitrogens is 2. The van der Waals surface area contributed by atoms with Crippen molar-refractivity contribution in [2.75, 3.05) is 0 Å². The van der Waals surface area contributed by atoms with Gasteiger partial charge < -0.3 is 4.57 Å². The summed E-state index contributed by atoms with van der Waals surface area (Å²) in [7, 11) is 0. The highest BCUT2D eigenvalue weighted by atomic mass is 79.9. The number of halogens is 1. The number of aryl methyl sites for hydroxylation is 1. The van der Waals surface area contributed by atoms with Gasteiger partial charge in [-0.15, -0.1) is 0 Å². The third-order valence-electron chi connectivity index (χ3n) is 3.67. The Labute approximate surface area is 132 Å². The summed E-state index contributed by atoms with van der Waals surface area (Å²) in [6, 6.07) is 12.5. The first-order valence-corrected chi connectivity index (χ1v) is 7.68. The molecule has 1 aromatic heterocycles. The minimum absolute atomic E-state index is 0.118. The van der Waals surface area contributed by atoms with Gasteiger partial charge in [-0.05, 0) is 41.5 Å². The normalized spacial score (nSPS) is 12.7. The number of hydrogen-bond donors (Lipinski definition) is 2. The summed E-state index contributed by atoms with van der Waals surface area (Å²) in [6.45, 7) is 2.96. The third kappa shape index (κ3) is 2.72. The van der Waals surface area contributed by atoms with Crippen LogP contribution in [0, 0.1) is 0 Å². The van der Waals surface area contributed by atoms with Gasteiger partial charge in [-0.25, -0.2) is 10.4 Å². The van der Waals surface area contributed by atoms with Crippen LogP contribution in [0.15, 0.2) is 53.3 Å². The first-order chi connectivity index (χ1) is 10.2. The molecule has 1 heterocycles. The summed E-state index contributed by atoms with van der Waals surface area (Å²) in [5.41, 5.74) is 3.98. The van der Waals surface area contributed by atoms with E-state index in [-0.39, 0.29) is 6.04 Å². The predicted molar refractivity (Wildman–Crippen MR) is 88.7 cm³/mol. The van der Waals surface area contributed by atoms with E-state index in [1.165, 1.54) is 10.8 Å². The van der Waals surface area contributed by atoms with Crippen molar-refractivity contribution in [3.63, 3.8) is 0 Å². The molecule has 5 heteroatoms. The summed E-state index contributed by atoms with van der Waals surface area (Å²) < 4.78 is 3.17. The molecule has 0 aliphatic rings. The van der Waals surface area contributed by atoms with E-state index < -0.39 is 0 Å². The molecule has 1 unspecified atom stereocenters. The molecule has 0 radical (unpaired) electrons. The molecule has 0 spiro atoms. The van der Waals surface area contributed by atoms with Crippen molar-refractivity contribution in [2.45, 2.75) is 19.5 Å². The van der Waals surface area contributed by atoms with Gasteiger partial charge in [0.15, 0.2) is 0 Å². The number of fused-ring (bicyclic) bond motifs is 1. The maximum absolute atomic E-state index is 5.78. The van der Waals surface area contributed by atoms with Gasteiger partial charge in [0.1, 0.15) is 11.9 Å². The Bertz CT molecular complexity index is 766. The highest BCUT2D eigenvalue weighted by molar-refractivity contribution is 9.10. The lowest BCUT2D eigenvalue weighted by molar-refractivity contribution is 0.561. The maximum Gasteiger partial charge on any atom is 0.131 e. The molecular formula is C16H17BrN4. The second-order valence-electron chi connectivity index (χ2n) is 4.92. The summed E-state index contributed by atoms with van der Waals surface area (Å²) in [5, 5.41) is 2.38. The van der Waals surface area contributed by atoms with E-state index in [0.717, 1.165) is 22.4 Å². The zero-order chi connectivity index (χ0) is 14.8. The first kappa shape index (κ1) is 14.3. The van der Waals surface area contributed by atoms with Crippen LogP contribution in [0.1, 0.15) is 24.4 Å². The molecule has 0 saturated carbocycles. The van der Waals surface area contributed by atoms with Crippen LogP contribution in [0.4, 0.5) is 0 Å². The van der Waals surface area contributed by atoms with Gasteiger partial charge in [0, 0.05) is 23.4 Å². The van der Waals surface area contributed by atoms with Crippen molar-refractivity contribution >= 4 is 26.7 Å². The predicted octanol–water partition coefficient (Wildman–Crippen LogP) is 3.37. The molecule has 3 rings (SSSR count). The zero-order valence-corrected chi connectivity index (χ0v) is 13.3. The van der Waals surface area contributed by atoms with Gasteiger partial charge in [0.25, 0.3) is 0 Å². The largest absolute Gasteiger partial charge is 0.334 e. The van der Waals surface area contributed by atoms with Gasteiger partial charge >= 0.3 is 0 Å². The van der Waals surface area contributed by atoms with Crippen molar-refractivity contribution in [3.05, 3.63) is 64.7 Å². The van der Waals surface area contributed by atoms with E-state index in [0.29, 0.717) is 0 Å². The van der Waals surface area contributed by atoms with Crippen LogP contribution in [-0.2, 0) is 6.54 Å². The quantitative estimate of drug-likeness (QED) is 0.563. The van der Waals surface area contributed by atoms with Crippen LogP contribution in [0.2, 0.25) is 0 Å². The average molecular weight is 345 g/mol. The number of hydrazine groups is 1. The van der Waals surface area contributed by atoms with Gasteiger partial charge in [-0.1, -0.05) is 34.1 Å². The summed E-state index contributed by atoms with van der Waals surface area (Å²) in [6.07, 6.45) is 3.78. The number of nitrogens with two attached hydrogens (primary N) is 1. The number of hydrogen-bond acceptors (Lipinski definition) is 3. The first-order valence-electron chi connectivity index (χ1n) is 6.89. The lowest BCUT2D eigenvalue weighted by Gasteiger charge is -2.18. The van der Waals surface area contributed by atoms with E-state index in [1.54, 1.807) is 6.20 Å². The second kappa shape index (κ2) is 5.97. The van der Waals surface area contributed by atoms with Gasteiger partial charge in [0.05, 0.1) is 0 Å². The third-order valence-corrected chi connectivity index (χ3v) is 4.17. The zero-order valence-electron chi connectivity index (χ0n) is 11.8. The van der Waals surface area contributed by atoms with Crippen molar-refractivity contribution < 1.29 is 0 Å². The van der Waals surface area contributed by atoms with Crippen LogP contribution in [0.3, 0.4) is 0 Å². The molecular weight excluding hydrogens is 328 g/mol. The number of rotatable bonds is 4. The summed E-state index contributed by atoms with van der Waals surface area (Å²) in [4.78, 5) is 4.44. The number of imidazole rings is 1. The molecule has 0 saturated heterocycles. The topological polar surface area (TPSA) is 55.9 Å². The average Bonchev–Trinajstić information content (AvgIpc) is 2.96.